The van der Waals surface area contributed by atoms with Gasteiger partial charge in [0.15, 0.2) is 0 Å². The molecule has 6 heteroatoms. The maximum Gasteiger partial charge on any atom is 0.326 e. The van der Waals surface area contributed by atoms with Crippen LogP contribution in [0.15, 0.2) is 0 Å². The van der Waals surface area contributed by atoms with Gasteiger partial charge in [-0.25, -0.2) is 9.59 Å². The number of urea groups is 1. The molecular weight excluding hydrogens is 212 g/mol. The molecule has 0 radical (unpaired) electrons. The van der Waals surface area contributed by atoms with Crippen molar-refractivity contribution in [1.82, 2.24) is 10.6 Å². The molecular formula is C10H16N2O4. The highest BCUT2D eigenvalue weighted by molar-refractivity contribution is 5.82. The van der Waals surface area contributed by atoms with Crippen molar-refractivity contribution in [2.45, 2.75) is 31.8 Å². The summed E-state index contributed by atoms with van der Waals surface area (Å²) in [6.07, 6.45) is 5.64. The van der Waals surface area contributed by atoms with Crippen LogP contribution in [0.2, 0.25) is 0 Å². The van der Waals surface area contributed by atoms with Gasteiger partial charge in [-0.3, -0.25) is 0 Å². The Morgan fingerprint density at radius 3 is 2.44 bits per heavy atom. The van der Waals surface area contributed by atoms with Crippen LogP contribution in [0.25, 0.3) is 0 Å². The van der Waals surface area contributed by atoms with E-state index in [1.165, 1.54) is 0 Å². The van der Waals surface area contributed by atoms with Crippen LogP contribution in [0.3, 0.4) is 0 Å². The molecule has 0 aromatic rings. The zero-order chi connectivity index (χ0) is 12.6. The Balaban J connectivity index is 4.20. The first-order valence-corrected chi connectivity index (χ1v) is 4.92. The largest absolute Gasteiger partial charge is 0.480 e. The summed E-state index contributed by atoms with van der Waals surface area (Å²) >= 11 is 0. The predicted molar refractivity (Wildman–Crippen MR) is 57.7 cm³/mol. The van der Waals surface area contributed by atoms with E-state index in [2.05, 4.69) is 16.6 Å². The number of nitrogens with one attached hydrogen (secondary N) is 2. The lowest BCUT2D eigenvalue weighted by Gasteiger charge is -2.16. The number of aliphatic hydroxyl groups excluding tert-OH is 1. The van der Waals surface area contributed by atoms with E-state index in [1.807, 2.05) is 0 Å². The van der Waals surface area contributed by atoms with E-state index in [9.17, 15) is 9.59 Å². The first-order valence-electron chi connectivity index (χ1n) is 4.92. The standard InChI is InChI=1S/C10H16N2O4/c1-3-7(4-2)11-10(16)12-8(5-6-13)9(14)15/h1,7-8,13H,4-6H2,2H3,(H,14,15)(H2,11,12,16). The molecule has 0 aliphatic carbocycles. The van der Waals surface area contributed by atoms with Gasteiger partial charge < -0.3 is 20.8 Å². The molecule has 2 unspecified atom stereocenters. The number of terminal acetylenes is 1. The number of carbonyl (C=O) groups excluding carboxylic acids is 1. The van der Waals surface area contributed by atoms with Crippen molar-refractivity contribution in [3.8, 4) is 12.3 Å². The monoisotopic (exact) mass is 228 g/mol. The van der Waals surface area contributed by atoms with Crippen LogP contribution in [0.1, 0.15) is 19.8 Å². The van der Waals surface area contributed by atoms with Crippen molar-refractivity contribution in [1.29, 1.82) is 0 Å². The fraction of sp³-hybridized carbons (Fsp3) is 0.600. The lowest BCUT2D eigenvalue weighted by atomic mass is 10.2. The van der Waals surface area contributed by atoms with Crippen molar-refractivity contribution in [3.63, 3.8) is 0 Å². The minimum absolute atomic E-state index is 0.0460. The van der Waals surface area contributed by atoms with Crippen LogP contribution >= 0.6 is 0 Å². The van der Waals surface area contributed by atoms with Crippen LogP contribution in [-0.2, 0) is 4.79 Å². The Morgan fingerprint density at radius 1 is 1.44 bits per heavy atom. The molecule has 90 valence electrons. The molecule has 16 heavy (non-hydrogen) atoms. The number of hydrogen-bond acceptors (Lipinski definition) is 3. The van der Waals surface area contributed by atoms with Crippen molar-refractivity contribution in [3.05, 3.63) is 0 Å². The van der Waals surface area contributed by atoms with Crippen LogP contribution in [0, 0.1) is 12.3 Å². The highest BCUT2D eigenvalue weighted by atomic mass is 16.4. The second-order valence-electron chi connectivity index (χ2n) is 3.15. The molecule has 0 aromatic carbocycles. The van der Waals surface area contributed by atoms with Crippen molar-refractivity contribution >= 4 is 12.0 Å². The Bertz CT molecular complexity index is 285. The highest BCUT2D eigenvalue weighted by Crippen LogP contribution is 1.93. The van der Waals surface area contributed by atoms with Gasteiger partial charge in [0.25, 0.3) is 0 Å². The molecule has 0 heterocycles. The van der Waals surface area contributed by atoms with Crippen molar-refractivity contribution < 1.29 is 19.8 Å². The number of aliphatic hydroxyl groups is 1. The lowest BCUT2D eigenvalue weighted by Crippen LogP contribution is -2.48. The number of amides is 2. The molecule has 2 amide bonds. The summed E-state index contributed by atoms with van der Waals surface area (Å²) in [6.45, 7) is 1.48. The highest BCUT2D eigenvalue weighted by Gasteiger charge is 2.19. The Hall–Kier alpha value is -1.74. The van der Waals surface area contributed by atoms with Gasteiger partial charge in [-0.1, -0.05) is 12.8 Å². The van der Waals surface area contributed by atoms with Crippen molar-refractivity contribution in [2.24, 2.45) is 0 Å². The summed E-state index contributed by atoms with van der Waals surface area (Å²) in [6, 6.07) is -2.19. The van der Waals surface area contributed by atoms with E-state index >= 15 is 0 Å². The van der Waals surface area contributed by atoms with E-state index < -0.39 is 24.1 Å². The summed E-state index contributed by atoms with van der Waals surface area (Å²) in [4.78, 5) is 22.0. The third kappa shape index (κ3) is 5.22. The van der Waals surface area contributed by atoms with Crippen molar-refractivity contribution in [2.75, 3.05) is 6.61 Å². The average molecular weight is 228 g/mol. The molecule has 0 bridgehead atoms. The fourth-order valence-corrected chi connectivity index (χ4v) is 1.01. The predicted octanol–water partition coefficient (Wildman–Crippen LogP) is -0.467. The van der Waals surface area contributed by atoms with Crippen LogP contribution in [-0.4, -0.2) is 40.9 Å². The fourth-order valence-electron chi connectivity index (χ4n) is 1.01. The molecule has 4 N–H and O–H groups in total. The number of aliphatic carboxylic acids is 1. The van der Waals surface area contributed by atoms with E-state index in [0.29, 0.717) is 6.42 Å². The van der Waals surface area contributed by atoms with E-state index in [4.69, 9.17) is 16.6 Å². The summed E-state index contributed by atoms with van der Waals surface area (Å²) in [5, 5.41) is 22.0. The average Bonchev–Trinajstić information content (AvgIpc) is 2.25. The third-order valence-electron chi connectivity index (χ3n) is 1.94. The number of rotatable bonds is 6. The Kier molecular flexibility index (Phi) is 6.72. The molecule has 2 atom stereocenters. The van der Waals surface area contributed by atoms with Gasteiger partial charge in [-0.05, 0) is 6.42 Å². The molecule has 0 saturated carbocycles. The summed E-state index contributed by atoms with van der Waals surface area (Å²) in [5.74, 6) is 1.15. The van der Waals surface area contributed by atoms with Crippen LogP contribution in [0.5, 0.6) is 0 Å². The van der Waals surface area contributed by atoms with Gasteiger partial charge in [-0.2, -0.15) is 0 Å². The van der Waals surface area contributed by atoms with Gasteiger partial charge in [0.1, 0.15) is 6.04 Å². The zero-order valence-electron chi connectivity index (χ0n) is 9.06. The first kappa shape index (κ1) is 14.3. The van der Waals surface area contributed by atoms with E-state index in [-0.39, 0.29) is 13.0 Å². The van der Waals surface area contributed by atoms with Gasteiger partial charge in [0.05, 0.1) is 6.04 Å². The summed E-state index contributed by atoms with van der Waals surface area (Å²) in [7, 11) is 0. The number of carboxylic acids is 1. The van der Waals surface area contributed by atoms with Gasteiger partial charge in [0.2, 0.25) is 0 Å². The quantitative estimate of drug-likeness (QED) is 0.462. The van der Waals surface area contributed by atoms with Gasteiger partial charge >= 0.3 is 12.0 Å². The molecule has 0 aromatic heterocycles. The second kappa shape index (κ2) is 7.54. The minimum Gasteiger partial charge on any atom is -0.480 e. The maximum absolute atomic E-state index is 11.3. The number of carboxylic acid groups (broad SMARTS) is 1. The molecule has 0 fully saturated rings. The number of hydrogen-bond donors (Lipinski definition) is 4. The lowest BCUT2D eigenvalue weighted by molar-refractivity contribution is -0.139. The second-order valence-corrected chi connectivity index (χ2v) is 3.15. The number of carbonyl (C=O) groups is 2. The van der Waals surface area contributed by atoms with E-state index in [1.54, 1.807) is 6.92 Å². The minimum atomic E-state index is -1.20. The SMILES string of the molecule is C#CC(CC)NC(=O)NC(CCO)C(=O)O. The maximum atomic E-state index is 11.3. The normalized spacial score (nSPS) is 13.3. The van der Waals surface area contributed by atoms with Crippen LogP contribution < -0.4 is 10.6 Å². The van der Waals surface area contributed by atoms with Gasteiger partial charge in [0, 0.05) is 13.0 Å². The summed E-state index contributed by atoms with van der Waals surface area (Å²) < 4.78 is 0. The smallest absolute Gasteiger partial charge is 0.326 e. The third-order valence-corrected chi connectivity index (χ3v) is 1.94. The topological polar surface area (TPSA) is 98.7 Å². The molecule has 0 spiro atoms. The van der Waals surface area contributed by atoms with E-state index in [0.717, 1.165) is 0 Å². The Morgan fingerprint density at radius 2 is 2.06 bits per heavy atom. The molecule has 0 aliphatic rings. The van der Waals surface area contributed by atoms with Crippen LogP contribution in [0.4, 0.5) is 4.79 Å². The molecule has 0 rings (SSSR count). The summed E-state index contributed by atoms with van der Waals surface area (Å²) in [5.41, 5.74) is 0. The zero-order valence-corrected chi connectivity index (χ0v) is 9.06. The van der Waals surface area contributed by atoms with Gasteiger partial charge in [-0.15, -0.1) is 6.42 Å². The molecule has 0 aliphatic heterocycles. The Labute approximate surface area is 94.0 Å². The molecule has 0 saturated heterocycles. The molecule has 6 nitrogen and oxygen atoms in total. The first-order chi connectivity index (χ1) is 7.54.